The lowest BCUT2D eigenvalue weighted by Crippen LogP contribution is -2.26. The quantitative estimate of drug-likeness (QED) is 0.284. The number of thioether (sulfide) groups is 1. The van der Waals surface area contributed by atoms with Crippen molar-refractivity contribution in [3.05, 3.63) is 34.6 Å². The van der Waals surface area contributed by atoms with Crippen LogP contribution in [-0.2, 0) is 16.1 Å². The Balaban J connectivity index is 2.28. The molecule has 1 aromatic heterocycles. The maximum Gasteiger partial charge on any atom is 0.262 e. The smallest absolute Gasteiger partial charge is 0.262 e. The molecule has 8 heteroatoms. The fourth-order valence-corrected chi connectivity index (χ4v) is 3.56. The van der Waals surface area contributed by atoms with E-state index >= 15 is 0 Å². The number of ketones is 1. The largest absolute Gasteiger partial charge is 0.379 e. The van der Waals surface area contributed by atoms with Gasteiger partial charge in [0.05, 0.1) is 28.8 Å². The van der Waals surface area contributed by atoms with Gasteiger partial charge in [0.15, 0.2) is 10.9 Å². The van der Waals surface area contributed by atoms with Crippen molar-refractivity contribution in [2.75, 3.05) is 12.4 Å². The van der Waals surface area contributed by atoms with Crippen molar-refractivity contribution in [2.45, 2.75) is 45.0 Å². The summed E-state index contributed by atoms with van der Waals surface area (Å²) in [4.78, 5) is 29.7. The molecule has 148 valence electrons. The average molecular weight is 401 g/mol. The maximum absolute atomic E-state index is 12.9. The molecule has 0 aliphatic rings. The van der Waals surface area contributed by atoms with Gasteiger partial charge >= 0.3 is 0 Å². The van der Waals surface area contributed by atoms with Gasteiger partial charge in [0.1, 0.15) is 5.92 Å². The van der Waals surface area contributed by atoms with Gasteiger partial charge in [0.2, 0.25) is 0 Å². The minimum atomic E-state index is -1.06. The zero-order valence-corrected chi connectivity index (χ0v) is 17.1. The molecule has 0 fully saturated rings. The molecule has 0 aliphatic carbocycles. The van der Waals surface area contributed by atoms with Crippen LogP contribution in [0.5, 0.6) is 0 Å². The van der Waals surface area contributed by atoms with Crippen LogP contribution >= 0.6 is 11.8 Å². The first kappa shape index (κ1) is 21.8. The number of Topliss-reactive ketones (excluding diaryl/α,β-unsaturated/α-hetero) is 1. The third-order valence-electron chi connectivity index (χ3n) is 4.03. The molecule has 0 spiro atoms. The van der Waals surface area contributed by atoms with Crippen molar-refractivity contribution in [1.29, 1.82) is 10.7 Å². The van der Waals surface area contributed by atoms with Crippen molar-refractivity contribution in [1.82, 2.24) is 9.55 Å². The van der Waals surface area contributed by atoms with Crippen LogP contribution in [0.2, 0.25) is 0 Å². The Morgan fingerprint density at radius 1 is 1.39 bits per heavy atom. The molecule has 0 saturated carbocycles. The first-order chi connectivity index (χ1) is 13.3. The summed E-state index contributed by atoms with van der Waals surface area (Å²) >= 11 is 1.12. The third-order valence-corrected chi connectivity index (χ3v) is 5.03. The zero-order chi connectivity index (χ0) is 20.7. The molecule has 0 unspecified atom stereocenters. The Labute approximate surface area is 168 Å². The van der Waals surface area contributed by atoms with Gasteiger partial charge in [-0.2, -0.15) is 5.26 Å². The van der Waals surface area contributed by atoms with Crippen molar-refractivity contribution in [2.24, 2.45) is 5.92 Å². The molecular formula is C20H24N4O3S. The number of benzene rings is 1. The standard InChI is InChI=1S/C20H24N4O3S/c1-13(2)27-10-6-9-24-19(26)15-7-4-5-8-17(15)23-20(24)28-12-18(25)16(11-21)14(3)22/h4-5,7-8,13,16,22H,6,9-10,12H2,1-3H3/t16-/m1/s1. The number of fused-ring (bicyclic) bond motifs is 1. The Bertz CT molecular complexity index is 962. The summed E-state index contributed by atoms with van der Waals surface area (Å²) in [6, 6.07) is 8.94. The van der Waals surface area contributed by atoms with Crippen LogP contribution in [0.25, 0.3) is 10.9 Å². The summed E-state index contributed by atoms with van der Waals surface area (Å²) in [6.45, 7) is 6.28. The molecule has 2 rings (SSSR count). The first-order valence-corrected chi connectivity index (χ1v) is 10.0. The van der Waals surface area contributed by atoms with E-state index in [-0.39, 0.29) is 28.9 Å². The normalized spacial score (nSPS) is 12.1. The summed E-state index contributed by atoms with van der Waals surface area (Å²) in [6.07, 6.45) is 0.755. The second-order valence-corrected chi connectivity index (χ2v) is 7.58. The predicted molar refractivity (Wildman–Crippen MR) is 110 cm³/mol. The second kappa shape index (κ2) is 10.2. The predicted octanol–water partition coefficient (Wildman–Crippen LogP) is 3.05. The first-order valence-electron chi connectivity index (χ1n) is 9.06. The lowest BCUT2D eigenvalue weighted by atomic mass is 10.0. The Morgan fingerprint density at radius 3 is 2.75 bits per heavy atom. The fraction of sp³-hybridized carbons (Fsp3) is 0.450. The van der Waals surface area contributed by atoms with E-state index in [1.54, 1.807) is 28.8 Å². The summed E-state index contributed by atoms with van der Waals surface area (Å²) in [5.41, 5.74) is 0.421. The summed E-state index contributed by atoms with van der Waals surface area (Å²) in [7, 11) is 0. The van der Waals surface area contributed by atoms with Gasteiger partial charge in [-0.25, -0.2) is 4.98 Å². The van der Waals surface area contributed by atoms with E-state index in [0.717, 1.165) is 11.8 Å². The van der Waals surface area contributed by atoms with Crippen LogP contribution in [0, 0.1) is 22.7 Å². The minimum absolute atomic E-state index is 0.0165. The fourth-order valence-electron chi connectivity index (χ4n) is 2.63. The molecule has 1 aromatic carbocycles. The number of nitrogens with one attached hydrogen (secondary N) is 1. The molecule has 7 nitrogen and oxygen atoms in total. The van der Waals surface area contributed by atoms with Gasteiger partial charge in [-0.05, 0) is 39.3 Å². The van der Waals surface area contributed by atoms with E-state index in [1.165, 1.54) is 6.92 Å². The van der Waals surface area contributed by atoms with Crippen molar-refractivity contribution >= 4 is 34.2 Å². The van der Waals surface area contributed by atoms with Crippen LogP contribution in [0.4, 0.5) is 0 Å². The van der Waals surface area contributed by atoms with Crippen LogP contribution in [-0.4, -0.2) is 39.5 Å². The van der Waals surface area contributed by atoms with Gasteiger partial charge < -0.3 is 10.1 Å². The van der Waals surface area contributed by atoms with E-state index in [0.29, 0.717) is 35.6 Å². The minimum Gasteiger partial charge on any atom is -0.379 e. The van der Waals surface area contributed by atoms with E-state index in [1.807, 2.05) is 19.9 Å². The van der Waals surface area contributed by atoms with Gasteiger partial charge in [-0.15, -0.1) is 0 Å². The monoisotopic (exact) mass is 400 g/mol. The lowest BCUT2D eigenvalue weighted by molar-refractivity contribution is -0.117. The van der Waals surface area contributed by atoms with Gasteiger partial charge in [-0.3, -0.25) is 14.2 Å². The summed E-state index contributed by atoms with van der Waals surface area (Å²) in [5, 5.41) is 17.6. The molecule has 0 saturated heterocycles. The number of hydrogen-bond donors (Lipinski definition) is 1. The van der Waals surface area contributed by atoms with E-state index in [2.05, 4.69) is 4.98 Å². The van der Waals surface area contributed by atoms with Gasteiger partial charge in [-0.1, -0.05) is 23.9 Å². The van der Waals surface area contributed by atoms with Crippen molar-refractivity contribution < 1.29 is 9.53 Å². The number of nitriles is 1. The average Bonchev–Trinajstić information content (AvgIpc) is 2.65. The zero-order valence-electron chi connectivity index (χ0n) is 16.3. The molecule has 1 atom stereocenters. The number of hydrogen-bond acceptors (Lipinski definition) is 7. The molecular weight excluding hydrogens is 376 g/mol. The van der Waals surface area contributed by atoms with E-state index < -0.39 is 5.92 Å². The number of carbonyl (C=O) groups is 1. The molecule has 28 heavy (non-hydrogen) atoms. The second-order valence-electron chi connectivity index (χ2n) is 6.64. The van der Waals surface area contributed by atoms with Crippen LogP contribution in [0.1, 0.15) is 27.2 Å². The number of nitrogens with zero attached hydrogens (tertiary/aromatic N) is 3. The Hall–Kier alpha value is -2.50. The Kier molecular flexibility index (Phi) is 7.91. The molecule has 0 radical (unpaired) electrons. The molecule has 1 heterocycles. The van der Waals surface area contributed by atoms with Crippen molar-refractivity contribution in [3.63, 3.8) is 0 Å². The highest BCUT2D eigenvalue weighted by Gasteiger charge is 2.21. The van der Waals surface area contributed by atoms with Gasteiger partial charge in [0, 0.05) is 18.9 Å². The lowest BCUT2D eigenvalue weighted by Gasteiger charge is -2.14. The molecule has 2 aromatic rings. The number of carbonyl (C=O) groups excluding carboxylic acids is 1. The van der Waals surface area contributed by atoms with Gasteiger partial charge in [0.25, 0.3) is 5.56 Å². The molecule has 0 aliphatic heterocycles. The number of rotatable bonds is 10. The van der Waals surface area contributed by atoms with Crippen LogP contribution in [0.3, 0.4) is 0 Å². The van der Waals surface area contributed by atoms with E-state index in [4.69, 9.17) is 15.4 Å². The summed E-state index contributed by atoms with van der Waals surface area (Å²) < 4.78 is 7.10. The SMILES string of the molecule is CC(=N)[C@@H](C#N)C(=O)CSc1nc2ccccc2c(=O)n1CCCOC(C)C. The molecule has 1 N–H and O–H groups in total. The Morgan fingerprint density at radius 2 is 2.11 bits per heavy atom. The molecule has 0 amide bonds. The van der Waals surface area contributed by atoms with E-state index in [9.17, 15) is 9.59 Å². The topological polar surface area (TPSA) is 109 Å². The third kappa shape index (κ3) is 5.50. The highest BCUT2D eigenvalue weighted by Crippen LogP contribution is 2.19. The summed E-state index contributed by atoms with van der Waals surface area (Å²) in [5.74, 6) is -1.45. The molecule has 0 bridgehead atoms. The highest BCUT2D eigenvalue weighted by molar-refractivity contribution is 7.99. The maximum atomic E-state index is 12.9. The number of aromatic nitrogens is 2. The van der Waals surface area contributed by atoms with Crippen LogP contribution < -0.4 is 5.56 Å². The van der Waals surface area contributed by atoms with Crippen LogP contribution in [0.15, 0.2) is 34.2 Å². The number of para-hydroxylation sites is 1. The highest BCUT2D eigenvalue weighted by atomic mass is 32.2. The van der Waals surface area contributed by atoms with Crippen molar-refractivity contribution in [3.8, 4) is 6.07 Å². The number of ether oxygens (including phenoxy) is 1.